The van der Waals surface area contributed by atoms with Crippen molar-refractivity contribution in [2.45, 2.75) is 96.0 Å². The number of benzene rings is 2. The molecule has 3 saturated heterocycles. The van der Waals surface area contributed by atoms with Gasteiger partial charge in [-0.1, -0.05) is 24.3 Å². The molecule has 5 aliphatic heterocycles. The minimum absolute atomic E-state index is 0.0210. The van der Waals surface area contributed by atoms with Crippen LogP contribution in [-0.2, 0) is 22.4 Å². The van der Waals surface area contributed by atoms with Crippen LogP contribution in [0.2, 0.25) is 0 Å². The third-order valence-corrected chi connectivity index (χ3v) is 12.2. The number of hydrogen-bond donors (Lipinski definition) is 1. The molecule has 5 aliphatic rings. The van der Waals surface area contributed by atoms with Gasteiger partial charge in [-0.05, 0) is 95.2 Å². The first-order valence-corrected chi connectivity index (χ1v) is 19.4. The Hall–Kier alpha value is -4.03. The highest BCUT2D eigenvalue weighted by Gasteiger charge is 2.37. The van der Waals surface area contributed by atoms with E-state index in [-0.39, 0.29) is 24.4 Å². The number of hydrogen-bond acceptors (Lipinski definition) is 8. The topological polar surface area (TPSA) is 107 Å². The fraction of sp³-hybridized carbons (Fsp3) is 0.625. The summed E-state index contributed by atoms with van der Waals surface area (Å²) < 4.78 is 17.9. The Balaban J connectivity index is 0.987. The summed E-state index contributed by atoms with van der Waals surface area (Å²) in [4.78, 5) is 51.7. The molecule has 3 fully saturated rings. The molecule has 7 rings (SSSR count). The normalized spacial score (nSPS) is 24.2. The molecule has 2 aromatic carbocycles. The fourth-order valence-corrected chi connectivity index (χ4v) is 8.82. The molecular weight excluding hydrogens is 660 g/mol. The number of nitrogens with zero attached hydrogens (tertiary/aromatic N) is 5. The van der Waals surface area contributed by atoms with Crippen LogP contribution in [0.4, 0.5) is 15.3 Å². The fourth-order valence-electron chi connectivity index (χ4n) is 8.82. The molecule has 3 unspecified atom stereocenters. The molecule has 52 heavy (non-hydrogen) atoms. The van der Waals surface area contributed by atoms with Crippen molar-refractivity contribution in [3.8, 4) is 11.5 Å². The molecular formula is C40H56N6O6. The van der Waals surface area contributed by atoms with Crippen LogP contribution in [0.15, 0.2) is 36.4 Å². The van der Waals surface area contributed by atoms with Gasteiger partial charge in [0, 0.05) is 82.1 Å². The summed E-state index contributed by atoms with van der Waals surface area (Å²) in [6.07, 6.45) is 4.49. The van der Waals surface area contributed by atoms with Crippen molar-refractivity contribution in [2.75, 3.05) is 71.4 Å². The highest BCUT2D eigenvalue weighted by Crippen LogP contribution is 2.35. The van der Waals surface area contributed by atoms with Crippen molar-refractivity contribution < 1.29 is 28.6 Å². The minimum Gasteiger partial charge on any atom is -0.486 e. The summed E-state index contributed by atoms with van der Waals surface area (Å²) in [6, 6.07) is 13.4. The molecule has 4 amide bonds. The summed E-state index contributed by atoms with van der Waals surface area (Å²) in [5.74, 6) is 1.22. The van der Waals surface area contributed by atoms with Crippen molar-refractivity contribution in [1.29, 1.82) is 0 Å². The van der Waals surface area contributed by atoms with E-state index in [4.69, 9.17) is 14.2 Å². The highest BCUT2D eigenvalue weighted by atomic mass is 16.6. The maximum Gasteiger partial charge on any atom is 0.410 e. The molecule has 0 radical (unpaired) electrons. The number of rotatable bonds is 8. The Morgan fingerprint density at radius 2 is 1.69 bits per heavy atom. The van der Waals surface area contributed by atoms with E-state index in [1.165, 1.54) is 12.8 Å². The molecule has 5 heterocycles. The van der Waals surface area contributed by atoms with Gasteiger partial charge in [0.2, 0.25) is 0 Å². The number of carbonyl (C=O) groups excluding carboxylic acids is 3. The molecule has 12 nitrogen and oxygen atoms in total. The van der Waals surface area contributed by atoms with E-state index in [1.54, 1.807) is 4.90 Å². The lowest BCUT2D eigenvalue weighted by atomic mass is 10.0. The number of piperazine rings is 1. The van der Waals surface area contributed by atoms with Gasteiger partial charge in [-0.25, -0.2) is 9.59 Å². The summed E-state index contributed by atoms with van der Waals surface area (Å²) in [5, 5.41) is 3.07. The van der Waals surface area contributed by atoms with Gasteiger partial charge < -0.3 is 39.1 Å². The van der Waals surface area contributed by atoms with E-state index in [0.717, 1.165) is 54.1 Å². The number of anilines is 1. The molecule has 2 aromatic rings. The van der Waals surface area contributed by atoms with Crippen molar-refractivity contribution in [3.63, 3.8) is 0 Å². The van der Waals surface area contributed by atoms with Crippen LogP contribution in [0.5, 0.6) is 11.5 Å². The first kappa shape index (κ1) is 36.3. The van der Waals surface area contributed by atoms with E-state index >= 15 is 0 Å². The number of carbonyl (C=O) groups is 3. The maximum absolute atomic E-state index is 14.2. The van der Waals surface area contributed by atoms with Crippen LogP contribution >= 0.6 is 0 Å². The monoisotopic (exact) mass is 716 g/mol. The van der Waals surface area contributed by atoms with Crippen molar-refractivity contribution >= 4 is 23.7 Å². The van der Waals surface area contributed by atoms with Crippen LogP contribution < -0.4 is 14.8 Å². The molecule has 282 valence electrons. The molecule has 0 spiro atoms. The molecule has 0 aliphatic carbocycles. The van der Waals surface area contributed by atoms with Crippen LogP contribution in [0, 0.1) is 6.92 Å². The molecule has 12 heteroatoms. The third-order valence-electron chi connectivity index (χ3n) is 12.2. The Bertz CT molecular complexity index is 1600. The standard InChI is InChI=1S/C40H56N6O6/c1-27-23-30(25-35-37(27)51-22-21-50-35)26-36(38(47)44-19-17-43(18-20-44)29(3)24-33-10-9-28(2)42(33)4)52-40(49)45-14-12-32(13-15-45)46-16-11-31-7-5-6-8-34(31)41-39(46)48/h5-8,23,25,28-29,32-33,36H,9-22,24,26H2,1-4H3,(H,41,48)/t28?,29?,33?,36-/m1/s1. The number of piperidine rings is 1. The predicted octanol–water partition coefficient (Wildman–Crippen LogP) is 4.77. The summed E-state index contributed by atoms with van der Waals surface area (Å²) in [5.41, 5.74) is 3.78. The van der Waals surface area contributed by atoms with E-state index < -0.39 is 12.2 Å². The number of para-hydroxylation sites is 1. The molecule has 1 N–H and O–H groups in total. The Kier molecular flexibility index (Phi) is 11.1. The second kappa shape index (κ2) is 15.9. The van der Waals surface area contributed by atoms with Crippen molar-refractivity contribution in [2.24, 2.45) is 0 Å². The zero-order chi connectivity index (χ0) is 36.4. The lowest BCUT2D eigenvalue weighted by Crippen LogP contribution is -2.55. The molecule has 0 bridgehead atoms. The lowest BCUT2D eigenvalue weighted by molar-refractivity contribution is -0.143. The van der Waals surface area contributed by atoms with Gasteiger partial charge in [-0.15, -0.1) is 0 Å². The van der Waals surface area contributed by atoms with E-state index in [1.807, 2.05) is 47.1 Å². The SMILES string of the molecule is Cc1cc(C[C@@H](OC(=O)N2CCC(N3CCc4ccccc4NC3=O)CC2)C(=O)N2CCN(C(C)CC3CCC(C)N3C)CC2)cc2c1OCCO2. The second-order valence-corrected chi connectivity index (χ2v) is 15.5. The highest BCUT2D eigenvalue weighted by molar-refractivity contribution is 5.91. The van der Waals surface area contributed by atoms with Gasteiger partial charge in [0.15, 0.2) is 17.6 Å². The van der Waals surface area contributed by atoms with Crippen LogP contribution in [0.25, 0.3) is 0 Å². The van der Waals surface area contributed by atoms with Crippen molar-refractivity contribution in [3.05, 3.63) is 53.1 Å². The summed E-state index contributed by atoms with van der Waals surface area (Å²) in [7, 11) is 2.24. The minimum atomic E-state index is -0.973. The zero-order valence-electron chi connectivity index (χ0n) is 31.4. The Morgan fingerprint density at radius 1 is 0.942 bits per heavy atom. The quantitative estimate of drug-likeness (QED) is 0.417. The van der Waals surface area contributed by atoms with Gasteiger partial charge in [-0.3, -0.25) is 9.69 Å². The number of ether oxygens (including phenoxy) is 3. The van der Waals surface area contributed by atoms with Gasteiger partial charge in [0.1, 0.15) is 13.2 Å². The number of nitrogens with one attached hydrogen (secondary N) is 1. The average Bonchev–Trinajstić information content (AvgIpc) is 3.36. The number of amides is 4. The number of aryl methyl sites for hydroxylation is 1. The second-order valence-electron chi connectivity index (χ2n) is 15.5. The lowest BCUT2D eigenvalue weighted by Gasteiger charge is -2.41. The predicted molar refractivity (Wildman–Crippen MR) is 199 cm³/mol. The number of urea groups is 1. The number of likely N-dealkylation sites (tertiary alicyclic amines) is 2. The van der Waals surface area contributed by atoms with Gasteiger partial charge in [0.25, 0.3) is 5.91 Å². The molecule has 0 aromatic heterocycles. The Labute approximate surface area is 308 Å². The summed E-state index contributed by atoms with van der Waals surface area (Å²) in [6.45, 7) is 11.9. The summed E-state index contributed by atoms with van der Waals surface area (Å²) >= 11 is 0. The first-order chi connectivity index (χ1) is 25.1. The van der Waals surface area contributed by atoms with Crippen molar-refractivity contribution in [1.82, 2.24) is 24.5 Å². The number of fused-ring (bicyclic) bond motifs is 2. The van der Waals surface area contributed by atoms with E-state index in [2.05, 4.69) is 42.1 Å². The van der Waals surface area contributed by atoms with Crippen LogP contribution in [0.1, 0.15) is 62.6 Å². The average molecular weight is 717 g/mol. The van der Waals surface area contributed by atoms with Gasteiger partial charge >= 0.3 is 12.1 Å². The van der Waals surface area contributed by atoms with Crippen LogP contribution in [0.3, 0.4) is 0 Å². The van der Waals surface area contributed by atoms with Gasteiger partial charge in [-0.2, -0.15) is 0 Å². The molecule has 0 saturated carbocycles. The zero-order valence-corrected chi connectivity index (χ0v) is 31.4. The van der Waals surface area contributed by atoms with Crippen LogP contribution in [-0.4, -0.2) is 139 Å². The van der Waals surface area contributed by atoms with E-state index in [0.29, 0.717) is 82.7 Å². The first-order valence-electron chi connectivity index (χ1n) is 19.4. The van der Waals surface area contributed by atoms with E-state index in [9.17, 15) is 14.4 Å². The smallest absolute Gasteiger partial charge is 0.410 e. The largest absolute Gasteiger partial charge is 0.486 e. The third kappa shape index (κ3) is 7.97. The molecule has 4 atom stereocenters. The maximum atomic E-state index is 14.2. The van der Waals surface area contributed by atoms with Gasteiger partial charge in [0.05, 0.1) is 0 Å². The Morgan fingerprint density at radius 3 is 2.44 bits per heavy atom.